The highest BCUT2D eigenvalue weighted by Gasteiger charge is 2.18. The molecular formula is C22H24N4O3S2. The van der Waals surface area contributed by atoms with Gasteiger partial charge in [-0.25, -0.2) is 0 Å². The van der Waals surface area contributed by atoms with Crippen LogP contribution in [0.1, 0.15) is 25.8 Å². The number of nitrogens with zero attached hydrogens (tertiary/aromatic N) is 2. The average Bonchev–Trinajstić information content (AvgIpc) is 3.21. The molecule has 0 aliphatic carbocycles. The molecule has 0 spiro atoms. The van der Waals surface area contributed by atoms with Crippen molar-refractivity contribution in [2.75, 3.05) is 17.2 Å². The number of nitrogens with one attached hydrogen (secondary N) is 2. The standard InChI is InChI=1S/C22H24N4O3S2/c1-3-29-18-12-10-17(11-13-18)23-20(28)15(2)30-22-26-25-21(31-22)24-19(27)14-9-16-7-5-4-6-8-16/h4-8,10-13,15H,3,9,14H2,1-2H3,(H,23,28)(H,24,25,27). The van der Waals surface area contributed by atoms with Crippen LogP contribution in [0.5, 0.6) is 5.75 Å². The highest BCUT2D eigenvalue weighted by atomic mass is 32.2. The smallest absolute Gasteiger partial charge is 0.237 e. The van der Waals surface area contributed by atoms with Gasteiger partial charge in [0.2, 0.25) is 16.9 Å². The van der Waals surface area contributed by atoms with Gasteiger partial charge in [0, 0.05) is 12.1 Å². The Balaban J connectivity index is 1.45. The van der Waals surface area contributed by atoms with Crippen molar-refractivity contribution in [2.45, 2.75) is 36.3 Å². The summed E-state index contributed by atoms with van der Waals surface area (Å²) in [5.74, 6) is 0.505. The Morgan fingerprint density at radius 3 is 2.52 bits per heavy atom. The zero-order chi connectivity index (χ0) is 22.1. The lowest BCUT2D eigenvalue weighted by molar-refractivity contribution is -0.116. The van der Waals surface area contributed by atoms with Gasteiger partial charge in [-0.1, -0.05) is 53.4 Å². The van der Waals surface area contributed by atoms with Crippen molar-refractivity contribution >= 4 is 45.7 Å². The largest absolute Gasteiger partial charge is 0.494 e. The van der Waals surface area contributed by atoms with Gasteiger partial charge >= 0.3 is 0 Å². The van der Waals surface area contributed by atoms with Crippen molar-refractivity contribution < 1.29 is 14.3 Å². The molecule has 2 amide bonds. The number of carbonyl (C=O) groups is 2. The van der Waals surface area contributed by atoms with Crippen LogP contribution in [0.25, 0.3) is 0 Å². The van der Waals surface area contributed by atoms with E-state index in [-0.39, 0.29) is 17.1 Å². The summed E-state index contributed by atoms with van der Waals surface area (Å²) < 4.78 is 6.02. The third kappa shape index (κ3) is 7.37. The number of rotatable bonds is 10. The topological polar surface area (TPSA) is 93.2 Å². The summed E-state index contributed by atoms with van der Waals surface area (Å²) in [6.45, 7) is 4.31. The Morgan fingerprint density at radius 2 is 1.81 bits per heavy atom. The number of thioether (sulfide) groups is 1. The summed E-state index contributed by atoms with van der Waals surface area (Å²) >= 11 is 2.55. The molecule has 31 heavy (non-hydrogen) atoms. The minimum absolute atomic E-state index is 0.113. The summed E-state index contributed by atoms with van der Waals surface area (Å²) in [5.41, 5.74) is 1.81. The lowest BCUT2D eigenvalue weighted by Crippen LogP contribution is -2.22. The van der Waals surface area contributed by atoms with Crippen LogP contribution in [0.15, 0.2) is 58.9 Å². The molecule has 2 aromatic carbocycles. The van der Waals surface area contributed by atoms with Crippen molar-refractivity contribution in [3.05, 3.63) is 60.2 Å². The predicted molar refractivity (Wildman–Crippen MR) is 125 cm³/mol. The zero-order valence-electron chi connectivity index (χ0n) is 17.3. The van der Waals surface area contributed by atoms with Crippen LogP contribution in [0.3, 0.4) is 0 Å². The molecule has 1 unspecified atom stereocenters. The zero-order valence-corrected chi connectivity index (χ0v) is 19.0. The monoisotopic (exact) mass is 456 g/mol. The second kappa shape index (κ2) is 11.5. The Kier molecular flexibility index (Phi) is 8.43. The lowest BCUT2D eigenvalue weighted by Gasteiger charge is -2.11. The first-order valence-corrected chi connectivity index (χ1v) is 11.6. The van der Waals surface area contributed by atoms with E-state index in [1.54, 1.807) is 19.1 Å². The first-order chi connectivity index (χ1) is 15.0. The SMILES string of the molecule is CCOc1ccc(NC(=O)C(C)Sc2nnc(NC(=O)CCc3ccccc3)s2)cc1. The highest BCUT2D eigenvalue weighted by Crippen LogP contribution is 2.29. The molecule has 0 aliphatic heterocycles. The van der Waals surface area contributed by atoms with Crippen LogP contribution in [0, 0.1) is 0 Å². The quantitative estimate of drug-likeness (QED) is 0.341. The summed E-state index contributed by atoms with van der Waals surface area (Å²) in [6, 6.07) is 17.1. The summed E-state index contributed by atoms with van der Waals surface area (Å²) in [5, 5.41) is 13.8. The lowest BCUT2D eigenvalue weighted by atomic mass is 10.1. The number of amides is 2. The Morgan fingerprint density at radius 1 is 1.06 bits per heavy atom. The van der Waals surface area contributed by atoms with E-state index in [0.717, 1.165) is 11.3 Å². The fourth-order valence-electron chi connectivity index (χ4n) is 2.64. The molecule has 1 atom stereocenters. The maximum Gasteiger partial charge on any atom is 0.237 e. The predicted octanol–water partition coefficient (Wildman–Crippen LogP) is 4.63. The number of carbonyl (C=O) groups excluding carboxylic acids is 2. The van der Waals surface area contributed by atoms with Gasteiger partial charge in [0.15, 0.2) is 4.34 Å². The van der Waals surface area contributed by atoms with Crippen LogP contribution < -0.4 is 15.4 Å². The molecule has 0 fully saturated rings. The van der Waals surface area contributed by atoms with E-state index in [4.69, 9.17) is 4.74 Å². The van der Waals surface area contributed by atoms with Crippen molar-refractivity contribution in [3.8, 4) is 5.75 Å². The fourth-order valence-corrected chi connectivity index (χ4v) is 4.55. The third-order valence-corrected chi connectivity index (χ3v) is 6.24. The van der Waals surface area contributed by atoms with Crippen LogP contribution in [0.4, 0.5) is 10.8 Å². The van der Waals surface area contributed by atoms with Crippen LogP contribution in [-0.2, 0) is 16.0 Å². The molecule has 0 saturated carbocycles. The number of ether oxygens (including phenoxy) is 1. The number of aromatic nitrogens is 2. The van der Waals surface area contributed by atoms with Gasteiger partial charge in [-0.05, 0) is 50.1 Å². The number of hydrogen-bond acceptors (Lipinski definition) is 7. The van der Waals surface area contributed by atoms with E-state index >= 15 is 0 Å². The number of aryl methyl sites for hydroxylation is 1. The van der Waals surface area contributed by atoms with E-state index in [0.29, 0.717) is 34.6 Å². The summed E-state index contributed by atoms with van der Waals surface area (Å²) in [4.78, 5) is 24.6. The fraction of sp³-hybridized carbons (Fsp3) is 0.273. The molecule has 9 heteroatoms. The molecular weight excluding hydrogens is 432 g/mol. The first kappa shape index (κ1) is 22.8. The second-order valence-electron chi connectivity index (χ2n) is 6.61. The average molecular weight is 457 g/mol. The van der Waals surface area contributed by atoms with E-state index < -0.39 is 0 Å². The maximum atomic E-state index is 12.5. The molecule has 0 saturated heterocycles. The van der Waals surface area contributed by atoms with E-state index in [2.05, 4.69) is 20.8 Å². The normalized spacial score (nSPS) is 11.5. The number of hydrogen-bond donors (Lipinski definition) is 2. The summed E-state index contributed by atoms with van der Waals surface area (Å²) in [6.07, 6.45) is 1.03. The maximum absolute atomic E-state index is 12.5. The molecule has 7 nitrogen and oxygen atoms in total. The molecule has 3 aromatic rings. The van der Waals surface area contributed by atoms with Gasteiger partial charge in [-0.3, -0.25) is 9.59 Å². The van der Waals surface area contributed by atoms with Crippen molar-refractivity contribution in [2.24, 2.45) is 0 Å². The van der Waals surface area contributed by atoms with Gasteiger partial charge in [0.1, 0.15) is 5.75 Å². The molecule has 0 radical (unpaired) electrons. The molecule has 1 aromatic heterocycles. The molecule has 1 heterocycles. The molecule has 0 bridgehead atoms. The summed E-state index contributed by atoms with van der Waals surface area (Å²) in [7, 11) is 0. The Hall–Kier alpha value is -2.91. The molecule has 162 valence electrons. The second-order valence-corrected chi connectivity index (χ2v) is 9.18. The van der Waals surface area contributed by atoms with Gasteiger partial charge in [0.05, 0.1) is 11.9 Å². The van der Waals surface area contributed by atoms with Crippen molar-refractivity contribution in [1.29, 1.82) is 0 Å². The van der Waals surface area contributed by atoms with Crippen LogP contribution in [-0.4, -0.2) is 33.9 Å². The highest BCUT2D eigenvalue weighted by molar-refractivity contribution is 8.02. The van der Waals surface area contributed by atoms with E-state index in [1.165, 1.54) is 23.1 Å². The van der Waals surface area contributed by atoms with E-state index in [1.807, 2.05) is 49.4 Å². The minimum Gasteiger partial charge on any atom is -0.494 e. The van der Waals surface area contributed by atoms with Crippen LogP contribution in [0.2, 0.25) is 0 Å². The number of anilines is 2. The first-order valence-electron chi connectivity index (χ1n) is 9.91. The third-order valence-electron chi connectivity index (χ3n) is 4.22. The number of benzene rings is 2. The van der Waals surface area contributed by atoms with Crippen molar-refractivity contribution in [1.82, 2.24) is 10.2 Å². The van der Waals surface area contributed by atoms with Gasteiger partial charge in [-0.15, -0.1) is 10.2 Å². The van der Waals surface area contributed by atoms with Gasteiger partial charge < -0.3 is 15.4 Å². The van der Waals surface area contributed by atoms with Gasteiger partial charge in [-0.2, -0.15) is 0 Å². The van der Waals surface area contributed by atoms with Gasteiger partial charge in [0.25, 0.3) is 0 Å². The minimum atomic E-state index is -0.374. The Labute approximate surface area is 189 Å². The Bertz CT molecular complexity index is 994. The molecule has 3 rings (SSSR count). The van der Waals surface area contributed by atoms with E-state index in [9.17, 15) is 9.59 Å². The van der Waals surface area contributed by atoms with Crippen LogP contribution >= 0.6 is 23.1 Å². The van der Waals surface area contributed by atoms with Crippen molar-refractivity contribution in [3.63, 3.8) is 0 Å². The molecule has 2 N–H and O–H groups in total. The molecule has 0 aliphatic rings.